The summed E-state index contributed by atoms with van der Waals surface area (Å²) in [4.78, 5) is 24.5. The smallest absolute Gasteiger partial charge is 0.376 e. The lowest BCUT2D eigenvalue weighted by Crippen LogP contribution is -2.15. The highest BCUT2D eigenvalue weighted by Crippen LogP contribution is 2.31. The Morgan fingerprint density at radius 1 is 1.12 bits per heavy atom. The van der Waals surface area contributed by atoms with Gasteiger partial charge >= 0.3 is 5.97 Å². The molecule has 0 radical (unpaired) electrons. The summed E-state index contributed by atoms with van der Waals surface area (Å²) in [5.74, 6) is -1.66. The molecule has 2 aromatic carbocycles. The van der Waals surface area contributed by atoms with Crippen molar-refractivity contribution in [1.82, 2.24) is 0 Å². The van der Waals surface area contributed by atoms with E-state index in [0.29, 0.717) is 11.0 Å². The molecule has 0 bridgehead atoms. The summed E-state index contributed by atoms with van der Waals surface area (Å²) < 4.78 is 23.5. The SMILES string of the molecule is CCOC(=O)c1oc2ccccc2c1NC(=O)c1ccc(F)cc1. The Morgan fingerprint density at radius 3 is 2.54 bits per heavy atom. The predicted octanol–water partition coefficient (Wildman–Crippen LogP) is 4.00. The number of anilines is 1. The zero-order valence-electron chi connectivity index (χ0n) is 12.8. The zero-order valence-corrected chi connectivity index (χ0v) is 12.8. The van der Waals surface area contributed by atoms with E-state index in [4.69, 9.17) is 9.15 Å². The maximum atomic E-state index is 13.0. The monoisotopic (exact) mass is 327 g/mol. The quantitative estimate of drug-likeness (QED) is 0.735. The third-order valence-corrected chi connectivity index (χ3v) is 3.40. The first-order chi connectivity index (χ1) is 11.6. The Labute approximate surface area is 137 Å². The summed E-state index contributed by atoms with van der Waals surface area (Å²) in [5, 5.41) is 3.23. The normalized spacial score (nSPS) is 10.6. The van der Waals surface area contributed by atoms with Crippen LogP contribution in [0.15, 0.2) is 52.9 Å². The first-order valence-corrected chi connectivity index (χ1v) is 7.35. The van der Waals surface area contributed by atoms with Crippen LogP contribution in [0.2, 0.25) is 0 Å². The average Bonchev–Trinajstić information content (AvgIpc) is 2.94. The van der Waals surface area contributed by atoms with Crippen LogP contribution in [0.1, 0.15) is 27.8 Å². The number of fused-ring (bicyclic) bond motifs is 1. The molecule has 122 valence electrons. The third kappa shape index (κ3) is 2.99. The zero-order chi connectivity index (χ0) is 17.1. The van der Waals surface area contributed by atoms with Crippen molar-refractivity contribution in [2.24, 2.45) is 0 Å². The van der Waals surface area contributed by atoms with Gasteiger partial charge in [0, 0.05) is 10.9 Å². The van der Waals surface area contributed by atoms with Crippen molar-refractivity contribution in [2.45, 2.75) is 6.92 Å². The largest absolute Gasteiger partial charge is 0.460 e. The van der Waals surface area contributed by atoms with Crippen LogP contribution in [-0.4, -0.2) is 18.5 Å². The van der Waals surface area contributed by atoms with E-state index in [1.165, 1.54) is 24.3 Å². The summed E-state index contributed by atoms with van der Waals surface area (Å²) >= 11 is 0. The standard InChI is InChI=1S/C18H14FNO4/c1-2-23-18(22)16-15(13-5-3-4-6-14(13)24-16)20-17(21)11-7-9-12(19)10-8-11/h3-10H,2H2,1H3,(H,20,21). The van der Waals surface area contributed by atoms with Gasteiger partial charge in [-0.3, -0.25) is 4.79 Å². The molecule has 0 fully saturated rings. The van der Waals surface area contributed by atoms with E-state index in [0.717, 1.165) is 0 Å². The highest BCUT2D eigenvalue weighted by Gasteiger charge is 2.23. The molecule has 5 nitrogen and oxygen atoms in total. The minimum atomic E-state index is -0.664. The van der Waals surface area contributed by atoms with Gasteiger partial charge in [-0.1, -0.05) is 12.1 Å². The van der Waals surface area contributed by atoms with Crippen LogP contribution in [0.25, 0.3) is 11.0 Å². The Bertz CT molecular complexity index is 899. The number of benzene rings is 2. The van der Waals surface area contributed by atoms with Crippen LogP contribution in [0.3, 0.4) is 0 Å². The topological polar surface area (TPSA) is 68.5 Å². The van der Waals surface area contributed by atoms with E-state index >= 15 is 0 Å². The molecule has 6 heteroatoms. The molecule has 0 aliphatic heterocycles. The molecule has 24 heavy (non-hydrogen) atoms. The number of hydrogen-bond acceptors (Lipinski definition) is 4. The van der Waals surface area contributed by atoms with Gasteiger partial charge in [-0.05, 0) is 43.3 Å². The second kappa shape index (κ2) is 6.54. The molecule has 0 saturated heterocycles. The number of carbonyl (C=O) groups is 2. The summed E-state index contributed by atoms with van der Waals surface area (Å²) in [7, 11) is 0. The molecule has 3 aromatic rings. The minimum Gasteiger partial charge on any atom is -0.460 e. The lowest BCUT2D eigenvalue weighted by molar-refractivity contribution is 0.0494. The number of carbonyl (C=O) groups excluding carboxylic acids is 2. The molecule has 1 heterocycles. The van der Waals surface area contributed by atoms with Crippen LogP contribution >= 0.6 is 0 Å². The fourth-order valence-corrected chi connectivity index (χ4v) is 2.30. The van der Waals surface area contributed by atoms with Gasteiger partial charge in [0.25, 0.3) is 5.91 Å². The second-order valence-corrected chi connectivity index (χ2v) is 4.98. The van der Waals surface area contributed by atoms with E-state index in [1.807, 2.05) is 0 Å². The third-order valence-electron chi connectivity index (χ3n) is 3.40. The van der Waals surface area contributed by atoms with Crippen molar-refractivity contribution in [3.05, 3.63) is 65.7 Å². The first-order valence-electron chi connectivity index (χ1n) is 7.35. The average molecular weight is 327 g/mol. The van der Waals surface area contributed by atoms with Crippen molar-refractivity contribution in [3.8, 4) is 0 Å². The molecular formula is C18H14FNO4. The van der Waals surface area contributed by atoms with E-state index in [-0.39, 0.29) is 23.6 Å². The van der Waals surface area contributed by atoms with Gasteiger partial charge in [0.2, 0.25) is 5.76 Å². The van der Waals surface area contributed by atoms with Gasteiger partial charge in [-0.15, -0.1) is 0 Å². The number of hydrogen-bond donors (Lipinski definition) is 1. The van der Waals surface area contributed by atoms with Gasteiger partial charge in [-0.2, -0.15) is 0 Å². The van der Waals surface area contributed by atoms with Gasteiger partial charge in [0.05, 0.1) is 6.61 Å². The van der Waals surface area contributed by atoms with Crippen LogP contribution in [-0.2, 0) is 4.74 Å². The van der Waals surface area contributed by atoms with Crippen molar-refractivity contribution in [1.29, 1.82) is 0 Å². The number of furan rings is 1. The lowest BCUT2D eigenvalue weighted by atomic mass is 10.1. The summed E-state index contributed by atoms with van der Waals surface area (Å²) in [5.41, 5.74) is 0.949. The van der Waals surface area contributed by atoms with Crippen molar-refractivity contribution >= 4 is 28.5 Å². The molecular weight excluding hydrogens is 313 g/mol. The first kappa shape index (κ1) is 15.7. The van der Waals surface area contributed by atoms with Crippen molar-refractivity contribution in [2.75, 3.05) is 11.9 Å². The molecule has 0 atom stereocenters. The Hall–Kier alpha value is -3.15. The maximum Gasteiger partial charge on any atom is 0.376 e. The Morgan fingerprint density at radius 2 is 1.83 bits per heavy atom. The molecule has 1 N–H and O–H groups in total. The van der Waals surface area contributed by atoms with Crippen LogP contribution < -0.4 is 5.32 Å². The van der Waals surface area contributed by atoms with Gasteiger partial charge < -0.3 is 14.5 Å². The minimum absolute atomic E-state index is 0.0755. The van der Waals surface area contributed by atoms with E-state index in [9.17, 15) is 14.0 Å². The number of halogens is 1. The van der Waals surface area contributed by atoms with Gasteiger partial charge in [-0.25, -0.2) is 9.18 Å². The van der Waals surface area contributed by atoms with E-state index in [2.05, 4.69) is 5.32 Å². The summed E-state index contributed by atoms with van der Waals surface area (Å²) in [6.45, 7) is 1.86. The molecule has 0 aliphatic carbocycles. The lowest BCUT2D eigenvalue weighted by Gasteiger charge is -2.06. The van der Waals surface area contributed by atoms with E-state index in [1.54, 1.807) is 31.2 Å². The number of esters is 1. The van der Waals surface area contributed by atoms with Gasteiger partial charge in [0.15, 0.2) is 0 Å². The Kier molecular flexibility index (Phi) is 4.29. The van der Waals surface area contributed by atoms with Crippen LogP contribution in [0.4, 0.5) is 10.1 Å². The summed E-state index contributed by atoms with van der Waals surface area (Å²) in [6.07, 6.45) is 0. The molecule has 0 unspecified atom stereocenters. The highest BCUT2D eigenvalue weighted by molar-refractivity contribution is 6.13. The van der Waals surface area contributed by atoms with Crippen LogP contribution in [0, 0.1) is 5.82 Å². The second-order valence-electron chi connectivity index (χ2n) is 4.98. The number of ether oxygens (including phenoxy) is 1. The Balaban J connectivity index is 2.00. The molecule has 0 aliphatic rings. The molecule has 0 saturated carbocycles. The summed E-state index contributed by atoms with van der Waals surface area (Å²) in [6, 6.07) is 12.0. The fraction of sp³-hybridized carbons (Fsp3) is 0.111. The predicted molar refractivity (Wildman–Crippen MR) is 86.5 cm³/mol. The molecule has 3 rings (SSSR count). The molecule has 0 spiro atoms. The number of para-hydroxylation sites is 1. The van der Waals surface area contributed by atoms with Crippen molar-refractivity contribution < 1.29 is 23.1 Å². The molecule has 1 amide bonds. The van der Waals surface area contributed by atoms with E-state index < -0.39 is 17.7 Å². The molecule has 1 aromatic heterocycles. The number of amides is 1. The van der Waals surface area contributed by atoms with Gasteiger partial charge in [0.1, 0.15) is 17.1 Å². The fourth-order valence-electron chi connectivity index (χ4n) is 2.30. The van der Waals surface area contributed by atoms with Crippen molar-refractivity contribution in [3.63, 3.8) is 0 Å². The number of nitrogens with one attached hydrogen (secondary N) is 1. The van der Waals surface area contributed by atoms with Crippen LogP contribution in [0.5, 0.6) is 0 Å². The highest BCUT2D eigenvalue weighted by atomic mass is 19.1. The maximum absolute atomic E-state index is 13.0. The number of rotatable bonds is 4.